The number of nitriles is 1. The lowest BCUT2D eigenvalue weighted by atomic mass is 10.0. The number of hydrogen-bond acceptors (Lipinski definition) is 8. The Kier molecular flexibility index (Phi) is 9.26. The van der Waals surface area contributed by atoms with Crippen molar-refractivity contribution in [2.45, 2.75) is 43.4 Å². The molecule has 0 N–H and O–H groups in total. The Morgan fingerprint density at radius 2 is 2.02 bits per heavy atom. The summed E-state index contributed by atoms with van der Waals surface area (Å²) in [6.45, 7) is 3.64. The van der Waals surface area contributed by atoms with E-state index >= 15 is 0 Å². The number of carbonyl (C=O) groups is 1. The Balaban J connectivity index is 1.35. The molecule has 2 fully saturated rings. The number of rotatable bonds is 8. The number of piperazine rings is 1. The average Bonchev–Trinajstić information content (AvgIpc) is 3.46. The molecule has 0 saturated carbocycles. The van der Waals surface area contributed by atoms with Gasteiger partial charge in [-0.3, -0.25) is 4.79 Å². The van der Waals surface area contributed by atoms with Gasteiger partial charge >= 0.3 is 6.01 Å². The van der Waals surface area contributed by atoms with Crippen LogP contribution in [0.1, 0.15) is 30.5 Å². The first-order chi connectivity index (χ1) is 21.8. The predicted octanol–water partition coefficient (Wildman–Crippen LogP) is 3.47. The van der Waals surface area contributed by atoms with E-state index in [2.05, 4.69) is 52.1 Å². The Hall–Kier alpha value is -3.72. The van der Waals surface area contributed by atoms with Gasteiger partial charge in [-0.15, -0.1) is 0 Å². The van der Waals surface area contributed by atoms with Crippen molar-refractivity contribution in [3.05, 3.63) is 64.8 Å². The number of amides is 1. The standard InChI is InChI=1S/C33H39ClFN7O2Si/c1-39-16-5-8-24(39)21-44-32-37-27-20-40(28-10-3-7-23-6-2-9-26(34)30(23)28)17-12-25(27)31(38-32)41-18-19-42(29(43)11-4-14-35)33(45,22-41)13-15-36/h2-4,6-7,9-11,24H,5,8,12-14,16-22H2,1,45H3/b11-4+/t24-,33-/m0/s1. The third-order valence-electron chi connectivity index (χ3n) is 9.42. The lowest BCUT2D eigenvalue weighted by molar-refractivity contribution is -0.129. The molecule has 1 aromatic heterocycles. The first kappa shape index (κ1) is 31.3. The molecule has 3 aliphatic heterocycles. The van der Waals surface area contributed by atoms with Gasteiger partial charge < -0.3 is 24.3 Å². The number of nitrogens with zero attached hydrogens (tertiary/aromatic N) is 7. The first-order valence-corrected chi connectivity index (χ1v) is 17.0. The summed E-state index contributed by atoms with van der Waals surface area (Å²) in [6.07, 6.45) is 5.66. The average molecular weight is 648 g/mol. The van der Waals surface area contributed by atoms with E-state index in [0.717, 1.165) is 70.9 Å². The molecule has 3 aliphatic rings. The molecular formula is C33H39ClFN7O2Si. The summed E-state index contributed by atoms with van der Waals surface area (Å²) in [5.41, 5.74) is 3.05. The maximum Gasteiger partial charge on any atom is 0.318 e. The van der Waals surface area contributed by atoms with E-state index in [9.17, 15) is 14.4 Å². The highest BCUT2D eigenvalue weighted by Crippen LogP contribution is 2.38. The van der Waals surface area contributed by atoms with Crippen LogP contribution in [0.5, 0.6) is 6.01 Å². The van der Waals surface area contributed by atoms with E-state index in [4.69, 9.17) is 26.3 Å². The van der Waals surface area contributed by atoms with E-state index in [1.54, 1.807) is 4.90 Å². The lowest BCUT2D eigenvalue weighted by Crippen LogP contribution is -2.64. The zero-order valence-corrected chi connectivity index (χ0v) is 28.6. The molecule has 3 aromatic rings. The fourth-order valence-corrected chi connectivity index (χ4v) is 8.26. The van der Waals surface area contributed by atoms with Crippen molar-refractivity contribution in [1.82, 2.24) is 19.8 Å². The fourth-order valence-electron chi connectivity index (χ4n) is 7.00. The zero-order chi connectivity index (χ0) is 31.6. The second-order valence-corrected chi connectivity index (χ2v) is 14.7. The van der Waals surface area contributed by atoms with E-state index in [-0.39, 0.29) is 12.3 Å². The summed E-state index contributed by atoms with van der Waals surface area (Å²) in [4.78, 5) is 31.6. The highest BCUT2D eigenvalue weighted by Gasteiger charge is 2.41. The Labute approximate surface area is 271 Å². The minimum absolute atomic E-state index is 0.200. The number of ether oxygens (including phenoxy) is 1. The minimum Gasteiger partial charge on any atom is -0.462 e. The highest BCUT2D eigenvalue weighted by atomic mass is 35.5. The molecule has 2 aromatic carbocycles. The molecule has 0 aliphatic carbocycles. The van der Waals surface area contributed by atoms with Crippen LogP contribution in [0.2, 0.25) is 5.02 Å². The number of anilines is 2. The smallest absolute Gasteiger partial charge is 0.318 e. The van der Waals surface area contributed by atoms with Crippen LogP contribution in [0.15, 0.2) is 48.6 Å². The topological polar surface area (TPSA) is 88.8 Å². The van der Waals surface area contributed by atoms with Gasteiger partial charge in [0.15, 0.2) is 0 Å². The van der Waals surface area contributed by atoms with Crippen molar-refractivity contribution in [3.63, 3.8) is 0 Å². The number of allylic oxidation sites excluding steroid dienone is 1. The molecule has 0 unspecified atom stereocenters. The second-order valence-electron chi connectivity index (χ2n) is 12.4. The van der Waals surface area contributed by atoms with Crippen LogP contribution in [-0.4, -0.2) is 100 Å². The van der Waals surface area contributed by atoms with Gasteiger partial charge in [0.05, 0.1) is 34.9 Å². The summed E-state index contributed by atoms with van der Waals surface area (Å²) in [7, 11) is 2.69. The highest BCUT2D eigenvalue weighted by molar-refractivity contribution is 6.36. The third-order valence-corrected chi connectivity index (χ3v) is 10.9. The molecular weight excluding hydrogens is 609 g/mol. The van der Waals surface area contributed by atoms with E-state index in [1.807, 2.05) is 12.1 Å². The molecule has 0 spiro atoms. The molecule has 1 amide bonds. The normalized spacial score (nSPS) is 22.3. The first-order valence-electron chi connectivity index (χ1n) is 15.6. The summed E-state index contributed by atoms with van der Waals surface area (Å²) in [5.74, 6) is 0.561. The predicted molar refractivity (Wildman–Crippen MR) is 179 cm³/mol. The molecule has 2 atom stereocenters. The van der Waals surface area contributed by atoms with Gasteiger partial charge in [0.1, 0.15) is 19.1 Å². The number of fused-ring (bicyclic) bond motifs is 2. The van der Waals surface area contributed by atoms with Crippen LogP contribution in [0, 0.1) is 11.3 Å². The van der Waals surface area contributed by atoms with Gasteiger partial charge in [-0.2, -0.15) is 15.2 Å². The molecule has 4 heterocycles. The van der Waals surface area contributed by atoms with Crippen molar-refractivity contribution in [2.24, 2.45) is 0 Å². The summed E-state index contributed by atoms with van der Waals surface area (Å²) < 4.78 is 19.1. The molecule has 2 saturated heterocycles. The van der Waals surface area contributed by atoms with E-state index in [1.165, 1.54) is 12.2 Å². The Bertz CT molecular complexity index is 1650. The van der Waals surface area contributed by atoms with Gasteiger partial charge in [-0.05, 0) is 56.4 Å². The maximum atomic E-state index is 13.0. The van der Waals surface area contributed by atoms with Crippen LogP contribution < -0.4 is 14.5 Å². The van der Waals surface area contributed by atoms with Crippen LogP contribution in [0.3, 0.4) is 0 Å². The zero-order valence-electron chi connectivity index (χ0n) is 25.9. The van der Waals surface area contributed by atoms with Gasteiger partial charge in [0.2, 0.25) is 5.91 Å². The van der Waals surface area contributed by atoms with Gasteiger partial charge in [-0.25, -0.2) is 4.39 Å². The molecule has 0 bridgehead atoms. The van der Waals surface area contributed by atoms with Crippen molar-refractivity contribution in [2.75, 3.05) is 62.9 Å². The summed E-state index contributed by atoms with van der Waals surface area (Å²) in [6, 6.07) is 15.2. The maximum absolute atomic E-state index is 13.0. The third kappa shape index (κ3) is 6.37. The monoisotopic (exact) mass is 647 g/mol. The van der Waals surface area contributed by atoms with Crippen LogP contribution >= 0.6 is 11.6 Å². The van der Waals surface area contributed by atoms with Gasteiger partial charge in [0, 0.05) is 65.2 Å². The second kappa shape index (κ2) is 13.3. The van der Waals surface area contributed by atoms with Crippen LogP contribution in [0.25, 0.3) is 10.8 Å². The van der Waals surface area contributed by atoms with E-state index < -0.39 is 11.8 Å². The minimum atomic E-state index is -0.702. The number of carbonyl (C=O) groups excluding carboxylic acids is 1. The molecule has 9 nitrogen and oxygen atoms in total. The summed E-state index contributed by atoms with van der Waals surface area (Å²) in [5, 5.41) is 11.9. The number of halogens is 2. The SMILES string of the molecule is CN1CCC[C@H]1COc1nc2c(c(N3CCN(C(=O)/C=C/CF)[C@]([SiH3])(CC#N)C3)n1)CCN(c1cccc3cccc(Cl)c13)C2. The molecule has 0 radical (unpaired) electrons. The lowest BCUT2D eigenvalue weighted by Gasteiger charge is -2.49. The summed E-state index contributed by atoms with van der Waals surface area (Å²) >= 11 is 6.71. The van der Waals surface area contributed by atoms with E-state index in [0.29, 0.717) is 55.1 Å². The Morgan fingerprint density at radius 3 is 2.78 bits per heavy atom. The number of likely N-dealkylation sites (tertiary alicyclic amines) is 1. The number of likely N-dealkylation sites (N-methyl/N-ethyl adjacent to an activating group) is 1. The number of alkyl halides is 1. The van der Waals surface area contributed by atoms with Gasteiger partial charge in [0.25, 0.3) is 0 Å². The van der Waals surface area contributed by atoms with Crippen LogP contribution in [0.4, 0.5) is 15.9 Å². The van der Waals surface area contributed by atoms with Crippen molar-refractivity contribution < 1.29 is 13.9 Å². The van der Waals surface area contributed by atoms with Gasteiger partial charge in [-0.1, -0.05) is 35.9 Å². The molecule has 236 valence electrons. The quantitative estimate of drug-likeness (QED) is 0.271. The van der Waals surface area contributed by atoms with Crippen LogP contribution in [-0.2, 0) is 17.8 Å². The molecule has 6 rings (SSSR count). The molecule has 12 heteroatoms. The number of aromatic nitrogens is 2. The van der Waals surface area contributed by atoms with Crippen molar-refractivity contribution >= 4 is 50.0 Å². The fraction of sp³-hybridized carbons (Fsp3) is 0.455. The Morgan fingerprint density at radius 1 is 1.20 bits per heavy atom. The number of hydrogen-bond donors (Lipinski definition) is 0. The van der Waals surface area contributed by atoms with Crippen molar-refractivity contribution in [3.8, 4) is 12.1 Å². The molecule has 45 heavy (non-hydrogen) atoms. The largest absolute Gasteiger partial charge is 0.462 e. The number of benzene rings is 2. The van der Waals surface area contributed by atoms with Crippen molar-refractivity contribution in [1.29, 1.82) is 5.26 Å².